The number of carbonyl (C=O) groups is 1. The van der Waals surface area contributed by atoms with Crippen molar-refractivity contribution in [2.75, 3.05) is 26.0 Å². The molecule has 2 aromatic rings. The fourth-order valence-corrected chi connectivity index (χ4v) is 2.31. The maximum Gasteiger partial charge on any atom is 0.534 e. The van der Waals surface area contributed by atoms with Gasteiger partial charge < -0.3 is 14.4 Å². The van der Waals surface area contributed by atoms with Crippen LogP contribution in [0.5, 0.6) is 5.75 Å². The molecule has 140 valence electrons. The van der Waals surface area contributed by atoms with E-state index in [1.54, 1.807) is 6.07 Å². The van der Waals surface area contributed by atoms with Crippen LogP contribution in [0.15, 0.2) is 18.3 Å². The summed E-state index contributed by atoms with van der Waals surface area (Å²) in [7, 11) is -2.91. The largest absolute Gasteiger partial charge is 0.534 e. The van der Waals surface area contributed by atoms with E-state index in [2.05, 4.69) is 14.6 Å². The van der Waals surface area contributed by atoms with E-state index in [1.807, 2.05) is 0 Å². The van der Waals surface area contributed by atoms with Gasteiger partial charge in [-0.2, -0.15) is 26.9 Å². The molecule has 1 amide bonds. The van der Waals surface area contributed by atoms with Gasteiger partial charge in [-0.1, -0.05) is 0 Å². The van der Waals surface area contributed by atoms with Crippen molar-refractivity contribution in [3.63, 3.8) is 0 Å². The van der Waals surface area contributed by atoms with Crippen LogP contribution in [-0.4, -0.2) is 55.0 Å². The van der Waals surface area contributed by atoms with Crippen LogP contribution >= 0.6 is 0 Å². The Hall–Kier alpha value is -3.01. The summed E-state index contributed by atoms with van der Waals surface area (Å²) in [5.74, 6) is -1.17. The van der Waals surface area contributed by atoms with Gasteiger partial charge in [-0.25, -0.2) is 4.52 Å². The maximum absolute atomic E-state index is 12.5. The summed E-state index contributed by atoms with van der Waals surface area (Å²) in [4.78, 5) is 12.9. The van der Waals surface area contributed by atoms with Crippen molar-refractivity contribution >= 4 is 27.4 Å². The van der Waals surface area contributed by atoms with Crippen molar-refractivity contribution in [2.24, 2.45) is 0 Å². The molecule has 0 spiro atoms. The fraction of sp³-hybridized carbons (Fsp3) is 0.308. The minimum Gasteiger partial charge on any atom is -0.374 e. The molecule has 0 aliphatic heterocycles. The van der Waals surface area contributed by atoms with Crippen LogP contribution < -0.4 is 9.50 Å². The van der Waals surface area contributed by atoms with E-state index in [0.29, 0.717) is 0 Å². The van der Waals surface area contributed by atoms with Gasteiger partial charge in [-0.05, 0) is 12.1 Å². The molecule has 0 fully saturated rings. The number of nitrogens with zero attached hydrogens (tertiary/aromatic N) is 4. The summed E-state index contributed by atoms with van der Waals surface area (Å²) in [6.07, 6.45) is 1.28. The normalized spacial score (nSPS) is 11.8. The number of likely N-dealkylation sites (N-methyl/N-ethyl adjacent to an activating group) is 1. The number of anilines is 1. The molecule has 2 aromatic heterocycles. The lowest BCUT2D eigenvalue weighted by atomic mass is 10.2. The molecule has 26 heavy (non-hydrogen) atoms. The van der Waals surface area contributed by atoms with Crippen molar-refractivity contribution in [3.8, 4) is 11.8 Å². The SMILES string of the molecule is CN(C)C(=O)CNc1nn2cccc(OS(=O)(=O)C(F)(F)F)c2c1C#N. The Bertz CT molecular complexity index is 992. The van der Waals surface area contributed by atoms with Crippen molar-refractivity contribution in [3.05, 3.63) is 23.9 Å². The molecular weight excluding hydrogens is 379 g/mol. The molecule has 2 rings (SSSR count). The molecule has 0 saturated heterocycles. The summed E-state index contributed by atoms with van der Waals surface area (Å²) < 4.78 is 65.2. The topological polar surface area (TPSA) is 117 Å². The zero-order valence-corrected chi connectivity index (χ0v) is 14.2. The van der Waals surface area contributed by atoms with Crippen molar-refractivity contribution < 1.29 is 30.6 Å². The second kappa shape index (κ2) is 6.71. The molecule has 0 saturated carbocycles. The van der Waals surface area contributed by atoms with E-state index >= 15 is 0 Å². The lowest BCUT2D eigenvalue weighted by molar-refractivity contribution is -0.126. The summed E-state index contributed by atoms with van der Waals surface area (Å²) in [6.45, 7) is -0.234. The van der Waals surface area contributed by atoms with Crippen LogP contribution in [0.1, 0.15) is 5.56 Å². The molecule has 2 heterocycles. The molecule has 0 aliphatic rings. The highest BCUT2D eigenvalue weighted by molar-refractivity contribution is 7.88. The Morgan fingerprint density at radius 1 is 1.46 bits per heavy atom. The zero-order chi connectivity index (χ0) is 19.7. The number of aromatic nitrogens is 2. The Kier molecular flexibility index (Phi) is 4.99. The monoisotopic (exact) mass is 391 g/mol. The van der Waals surface area contributed by atoms with E-state index < -0.39 is 21.4 Å². The van der Waals surface area contributed by atoms with Gasteiger partial charge in [-0.3, -0.25) is 4.79 Å². The number of nitriles is 1. The Labute approximate surface area is 145 Å². The van der Waals surface area contributed by atoms with E-state index in [4.69, 9.17) is 0 Å². The molecule has 0 aliphatic carbocycles. The number of fused-ring (bicyclic) bond motifs is 1. The molecule has 0 radical (unpaired) electrons. The first-order valence-electron chi connectivity index (χ1n) is 6.84. The summed E-state index contributed by atoms with van der Waals surface area (Å²) in [5.41, 5.74) is -6.20. The van der Waals surface area contributed by atoms with Crippen LogP contribution in [0.4, 0.5) is 19.0 Å². The molecule has 9 nitrogen and oxygen atoms in total. The average Bonchev–Trinajstić information content (AvgIpc) is 2.89. The van der Waals surface area contributed by atoms with Crippen LogP contribution in [-0.2, 0) is 14.9 Å². The van der Waals surface area contributed by atoms with Crippen molar-refractivity contribution in [1.82, 2.24) is 14.5 Å². The smallest absolute Gasteiger partial charge is 0.374 e. The number of hydrogen-bond acceptors (Lipinski definition) is 7. The third-order valence-corrected chi connectivity index (χ3v) is 4.09. The predicted molar refractivity (Wildman–Crippen MR) is 82.7 cm³/mol. The first-order valence-corrected chi connectivity index (χ1v) is 8.25. The average molecular weight is 391 g/mol. The van der Waals surface area contributed by atoms with Crippen LogP contribution in [0, 0.1) is 11.3 Å². The number of hydrogen-bond donors (Lipinski definition) is 1. The lowest BCUT2D eigenvalue weighted by Gasteiger charge is -2.10. The van der Waals surface area contributed by atoms with Gasteiger partial charge in [0.25, 0.3) is 0 Å². The third-order valence-electron chi connectivity index (χ3n) is 3.12. The lowest BCUT2D eigenvalue weighted by Crippen LogP contribution is -2.28. The second-order valence-electron chi connectivity index (χ2n) is 5.13. The van der Waals surface area contributed by atoms with Crippen molar-refractivity contribution in [2.45, 2.75) is 5.51 Å². The summed E-state index contributed by atoms with van der Waals surface area (Å²) in [6, 6.07) is 3.86. The molecule has 0 aromatic carbocycles. The third kappa shape index (κ3) is 3.64. The molecule has 0 atom stereocenters. The minimum atomic E-state index is -5.93. The first kappa shape index (κ1) is 19.3. The van der Waals surface area contributed by atoms with Gasteiger partial charge in [0, 0.05) is 20.3 Å². The van der Waals surface area contributed by atoms with E-state index in [0.717, 1.165) is 10.6 Å². The number of amides is 1. The Balaban J connectivity index is 2.49. The quantitative estimate of drug-likeness (QED) is 0.595. The van der Waals surface area contributed by atoms with Crippen LogP contribution in [0.2, 0.25) is 0 Å². The van der Waals surface area contributed by atoms with E-state index in [-0.39, 0.29) is 29.3 Å². The minimum absolute atomic E-state index is 0.108. The summed E-state index contributed by atoms with van der Waals surface area (Å²) in [5, 5.41) is 15.8. The highest BCUT2D eigenvalue weighted by Gasteiger charge is 2.49. The standard InChI is InChI=1S/C13H12F3N5O4S/c1-20(2)10(22)7-18-12-8(6-17)11-9(4-3-5-21(11)19-12)25-26(23,24)13(14,15)16/h3-5H,7H2,1-2H3,(H,18,19). The second-order valence-corrected chi connectivity index (χ2v) is 6.66. The van der Waals surface area contributed by atoms with Gasteiger partial charge >= 0.3 is 15.6 Å². The maximum atomic E-state index is 12.5. The van der Waals surface area contributed by atoms with Crippen LogP contribution in [0.3, 0.4) is 0 Å². The Morgan fingerprint density at radius 3 is 2.65 bits per heavy atom. The number of rotatable bonds is 5. The van der Waals surface area contributed by atoms with Gasteiger partial charge in [0.05, 0.1) is 6.54 Å². The first-order chi connectivity index (χ1) is 12.0. The molecule has 0 unspecified atom stereocenters. The fourth-order valence-electron chi connectivity index (χ4n) is 1.85. The number of halogens is 3. The van der Waals surface area contributed by atoms with Gasteiger partial charge in [0.2, 0.25) is 5.91 Å². The van der Waals surface area contributed by atoms with Crippen LogP contribution in [0.25, 0.3) is 5.52 Å². The van der Waals surface area contributed by atoms with Gasteiger partial charge in [-0.15, -0.1) is 5.10 Å². The molecule has 0 bridgehead atoms. The number of nitrogens with one attached hydrogen (secondary N) is 1. The highest BCUT2D eigenvalue weighted by atomic mass is 32.2. The molecule has 1 N–H and O–H groups in total. The van der Waals surface area contributed by atoms with E-state index in [1.165, 1.54) is 31.3 Å². The highest BCUT2D eigenvalue weighted by Crippen LogP contribution is 2.32. The zero-order valence-electron chi connectivity index (χ0n) is 13.4. The number of pyridine rings is 1. The number of carbonyl (C=O) groups excluding carboxylic acids is 1. The summed E-state index contributed by atoms with van der Waals surface area (Å²) >= 11 is 0. The number of alkyl halides is 3. The molecule has 13 heteroatoms. The molecular formula is C13H12F3N5O4S. The predicted octanol–water partition coefficient (Wildman–Crippen LogP) is 0.934. The van der Waals surface area contributed by atoms with Gasteiger partial charge in [0.15, 0.2) is 11.6 Å². The van der Waals surface area contributed by atoms with Gasteiger partial charge in [0.1, 0.15) is 17.1 Å². The van der Waals surface area contributed by atoms with Crippen molar-refractivity contribution in [1.29, 1.82) is 5.26 Å². The van der Waals surface area contributed by atoms with E-state index in [9.17, 15) is 31.6 Å². The Morgan fingerprint density at radius 2 is 2.12 bits per heavy atom.